The van der Waals surface area contributed by atoms with Crippen molar-refractivity contribution in [3.63, 3.8) is 0 Å². The number of amides is 1. The molecule has 0 atom stereocenters. The minimum atomic E-state index is 0.143. The Bertz CT molecular complexity index is 937. The second kappa shape index (κ2) is 7.57. The normalized spacial score (nSPS) is 15.4. The average Bonchev–Trinajstić information content (AvgIpc) is 3.01. The van der Waals surface area contributed by atoms with Crippen LogP contribution >= 0.6 is 0 Å². The summed E-state index contributed by atoms with van der Waals surface area (Å²) in [6.45, 7) is 8.69. The van der Waals surface area contributed by atoms with Gasteiger partial charge in [0, 0.05) is 43.8 Å². The van der Waals surface area contributed by atoms with Crippen molar-refractivity contribution in [3.05, 3.63) is 70.9 Å². The molecule has 1 saturated heterocycles. The number of piperazine rings is 1. The molecule has 0 radical (unpaired) electrons. The third kappa shape index (κ3) is 3.62. The van der Waals surface area contributed by atoms with Crippen LogP contribution in [-0.4, -0.2) is 53.4 Å². The van der Waals surface area contributed by atoms with Crippen LogP contribution in [0.5, 0.6) is 0 Å². The zero-order valence-electron chi connectivity index (χ0n) is 16.2. The van der Waals surface area contributed by atoms with Crippen LogP contribution in [0.1, 0.15) is 27.2 Å². The van der Waals surface area contributed by atoms with Crippen molar-refractivity contribution in [1.82, 2.24) is 14.8 Å². The van der Waals surface area contributed by atoms with Crippen LogP contribution in [0, 0.1) is 13.8 Å². The Morgan fingerprint density at radius 3 is 2.44 bits per heavy atom. The van der Waals surface area contributed by atoms with Crippen molar-refractivity contribution in [1.29, 1.82) is 0 Å². The van der Waals surface area contributed by atoms with Crippen LogP contribution in [0.3, 0.4) is 0 Å². The highest BCUT2D eigenvalue weighted by molar-refractivity contribution is 6.06. The zero-order valence-corrected chi connectivity index (χ0v) is 16.2. The van der Waals surface area contributed by atoms with E-state index in [1.165, 1.54) is 11.1 Å². The Hall–Kier alpha value is -2.59. The van der Waals surface area contributed by atoms with E-state index in [1.807, 2.05) is 17.0 Å². The lowest BCUT2D eigenvalue weighted by Crippen LogP contribution is -2.49. The van der Waals surface area contributed by atoms with Gasteiger partial charge in [-0.15, -0.1) is 0 Å². The number of hydrogen-bond donors (Lipinski definition) is 1. The molecule has 2 heterocycles. The van der Waals surface area contributed by atoms with Gasteiger partial charge in [0.05, 0.1) is 11.1 Å². The molecule has 140 valence electrons. The molecule has 0 unspecified atom stereocenters. The van der Waals surface area contributed by atoms with E-state index < -0.39 is 0 Å². The molecule has 0 spiro atoms. The van der Waals surface area contributed by atoms with Crippen molar-refractivity contribution >= 4 is 16.8 Å². The first-order valence-electron chi connectivity index (χ1n) is 9.77. The second-order valence-electron chi connectivity index (χ2n) is 7.47. The van der Waals surface area contributed by atoms with E-state index in [4.69, 9.17) is 0 Å². The molecule has 2 aromatic carbocycles. The number of fused-ring (bicyclic) bond motifs is 1. The summed E-state index contributed by atoms with van der Waals surface area (Å²) >= 11 is 0. The van der Waals surface area contributed by atoms with Crippen molar-refractivity contribution in [2.24, 2.45) is 0 Å². The number of aromatic amines is 1. The molecule has 0 saturated carbocycles. The molecule has 0 bridgehead atoms. The highest BCUT2D eigenvalue weighted by Gasteiger charge is 2.24. The van der Waals surface area contributed by atoms with E-state index in [1.54, 1.807) is 0 Å². The maximum Gasteiger partial charge on any atom is 0.256 e. The maximum atomic E-state index is 13.1. The first kappa shape index (κ1) is 17.8. The number of nitrogens with one attached hydrogen (secondary N) is 1. The van der Waals surface area contributed by atoms with Crippen molar-refractivity contribution in [2.45, 2.75) is 20.3 Å². The predicted molar refractivity (Wildman–Crippen MR) is 110 cm³/mol. The standard InChI is InChI=1S/C23H27N3O/c1-17-18(2)24-22-20(17)9-6-10-21(22)23(27)26-15-13-25(14-16-26)12-11-19-7-4-3-5-8-19/h3-10,24H,11-16H2,1-2H3. The number of hydrogen-bond acceptors (Lipinski definition) is 2. The Morgan fingerprint density at radius 2 is 1.70 bits per heavy atom. The highest BCUT2D eigenvalue weighted by Crippen LogP contribution is 2.25. The molecule has 4 heteroatoms. The van der Waals surface area contributed by atoms with Crippen molar-refractivity contribution in [3.8, 4) is 0 Å². The molecular weight excluding hydrogens is 334 g/mol. The van der Waals surface area contributed by atoms with Gasteiger partial charge >= 0.3 is 0 Å². The second-order valence-corrected chi connectivity index (χ2v) is 7.47. The molecule has 1 N–H and O–H groups in total. The van der Waals surface area contributed by atoms with Gasteiger partial charge in [-0.2, -0.15) is 0 Å². The molecule has 4 nitrogen and oxygen atoms in total. The van der Waals surface area contributed by atoms with Gasteiger partial charge in [-0.05, 0) is 37.5 Å². The molecule has 3 aromatic rings. The monoisotopic (exact) mass is 361 g/mol. The van der Waals surface area contributed by atoms with Gasteiger partial charge < -0.3 is 9.88 Å². The van der Waals surface area contributed by atoms with Crippen LogP contribution in [-0.2, 0) is 6.42 Å². The van der Waals surface area contributed by atoms with Gasteiger partial charge in [0.2, 0.25) is 0 Å². The Labute approximate surface area is 160 Å². The first-order chi connectivity index (χ1) is 13.1. The summed E-state index contributed by atoms with van der Waals surface area (Å²) in [6, 6.07) is 16.6. The average molecular weight is 361 g/mol. The summed E-state index contributed by atoms with van der Waals surface area (Å²) < 4.78 is 0. The number of H-pyrrole nitrogens is 1. The topological polar surface area (TPSA) is 39.3 Å². The fraction of sp³-hybridized carbons (Fsp3) is 0.348. The van der Waals surface area contributed by atoms with Crippen LogP contribution in [0.4, 0.5) is 0 Å². The molecule has 1 aromatic heterocycles. The zero-order chi connectivity index (χ0) is 18.8. The molecule has 1 fully saturated rings. The Balaban J connectivity index is 1.40. The largest absolute Gasteiger partial charge is 0.358 e. The smallest absolute Gasteiger partial charge is 0.256 e. The van der Waals surface area contributed by atoms with Gasteiger partial charge in [-0.3, -0.25) is 9.69 Å². The third-order valence-electron chi connectivity index (χ3n) is 5.79. The van der Waals surface area contributed by atoms with Crippen molar-refractivity contribution < 1.29 is 4.79 Å². The quantitative estimate of drug-likeness (QED) is 0.768. The van der Waals surface area contributed by atoms with Crippen molar-refractivity contribution in [2.75, 3.05) is 32.7 Å². The number of rotatable bonds is 4. The lowest BCUT2D eigenvalue weighted by Gasteiger charge is -2.34. The summed E-state index contributed by atoms with van der Waals surface area (Å²) in [7, 11) is 0. The molecule has 0 aliphatic carbocycles. The van der Waals surface area contributed by atoms with E-state index in [-0.39, 0.29) is 5.91 Å². The van der Waals surface area contributed by atoms with Gasteiger partial charge in [-0.1, -0.05) is 42.5 Å². The van der Waals surface area contributed by atoms with Gasteiger partial charge in [-0.25, -0.2) is 0 Å². The van der Waals surface area contributed by atoms with Crippen LogP contribution < -0.4 is 0 Å². The number of aryl methyl sites for hydroxylation is 2. The van der Waals surface area contributed by atoms with E-state index in [9.17, 15) is 4.79 Å². The molecule has 1 amide bonds. The van der Waals surface area contributed by atoms with Gasteiger partial charge in [0.15, 0.2) is 0 Å². The molecule has 1 aliphatic rings. The minimum Gasteiger partial charge on any atom is -0.358 e. The van der Waals surface area contributed by atoms with E-state index in [0.717, 1.165) is 61.3 Å². The summed E-state index contributed by atoms with van der Waals surface area (Å²) in [5, 5.41) is 1.15. The lowest BCUT2D eigenvalue weighted by atomic mass is 10.1. The SMILES string of the molecule is Cc1[nH]c2c(C(=O)N3CCN(CCc4ccccc4)CC3)cccc2c1C. The molecular formula is C23H27N3O. The molecule has 27 heavy (non-hydrogen) atoms. The van der Waals surface area contributed by atoms with Crippen LogP contribution in [0.15, 0.2) is 48.5 Å². The fourth-order valence-corrected chi connectivity index (χ4v) is 3.94. The maximum absolute atomic E-state index is 13.1. The summed E-state index contributed by atoms with van der Waals surface area (Å²) in [6.07, 6.45) is 1.06. The van der Waals surface area contributed by atoms with Gasteiger partial charge in [0.1, 0.15) is 0 Å². The predicted octanol–water partition coefficient (Wildman–Crippen LogP) is 3.79. The number of aromatic nitrogens is 1. The lowest BCUT2D eigenvalue weighted by molar-refractivity contribution is 0.0640. The number of para-hydroxylation sites is 1. The first-order valence-corrected chi connectivity index (χ1v) is 9.77. The third-order valence-corrected chi connectivity index (χ3v) is 5.79. The van der Waals surface area contributed by atoms with E-state index in [0.29, 0.717) is 0 Å². The highest BCUT2D eigenvalue weighted by atomic mass is 16.2. The summed E-state index contributed by atoms with van der Waals surface area (Å²) in [5.74, 6) is 0.143. The van der Waals surface area contributed by atoms with E-state index >= 15 is 0 Å². The summed E-state index contributed by atoms with van der Waals surface area (Å²) in [5.41, 5.74) is 5.51. The van der Waals surface area contributed by atoms with Gasteiger partial charge in [0.25, 0.3) is 5.91 Å². The summed E-state index contributed by atoms with van der Waals surface area (Å²) in [4.78, 5) is 21.0. The Morgan fingerprint density at radius 1 is 0.963 bits per heavy atom. The van der Waals surface area contributed by atoms with E-state index in [2.05, 4.69) is 60.1 Å². The molecule has 1 aliphatic heterocycles. The van der Waals surface area contributed by atoms with Crippen LogP contribution in [0.25, 0.3) is 10.9 Å². The number of benzene rings is 2. The Kier molecular flexibility index (Phi) is 4.99. The number of carbonyl (C=O) groups is 1. The minimum absolute atomic E-state index is 0.143. The van der Waals surface area contributed by atoms with Crippen LogP contribution in [0.2, 0.25) is 0 Å². The fourth-order valence-electron chi connectivity index (χ4n) is 3.94. The number of carbonyl (C=O) groups excluding carboxylic acids is 1. The molecule has 4 rings (SSSR count). The number of nitrogens with zero attached hydrogens (tertiary/aromatic N) is 2.